The predicted octanol–water partition coefficient (Wildman–Crippen LogP) is 0.980. The molecule has 2 N–H and O–H groups in total. The topological polar surface area (TPSA) is 83.8 Å². The monoisotopic (exact) mass is 188 g/mol. The van der Waals surface area contributed by atoms with Gasteiger partial charge < -0.3 is 9.79 Å². The molecule has 10 heavy (non-hydrogen) atoms. The summed E-state index contributed by atoms with van der Waals surface area (Å²) in [5.74, 6) is 0. The van der Waals surface area contributed by atoms with Crippen LogP contribution in [0, 0.1) is 0 Å². The molecule has 0 heterocycles. The number of hydrogen-bond donors (Lipinski definition) is 2. The van der Waals surface area contributed by atoms with Gasteiger partial charge in [0.2, 0.25) is 8.03 Å². The van der Waals surface area contributed by atoms with Crippen molar-refractivity contribution in [1.82, 2.24) is 0 Å². The molecule has 5 nitrogen and oxygen atoms in total. The van der Waals surface area contributed by atoms with Crippen LogP contribution in [0.3, 0.4) is 0 Å². The Bertz CT molecular complexity index is 160. The lowest BCUT2D eigenvalue weighted by Gasteiger charge is -2.02. The molecule has 0 aliphatic heterocycles. The zero-order valence-corrected chi connectivity index (χ0v) is 7.38. The molecule has 0 spiro atoms. The van der Waals surface area contributed by atoms with Crippen molar-refractivity contribution in [3.8, 4) is 0 Å². The lowest BCUT2D eigenvalue weighted by molar-refractivity contribution is 0.288. The molecule has 0 aromatic rings. The Kier molecular flexibility index (Phi) is 4.41. The molecule has 0 aromatic heterocycles. The van der Waals surface area contributed by atoms with Gasteiger partial charge in [0.15, 0.2) is 0 Å². The van der Waals surface area contributed by atoms with Gasteiger partial charge in [0.25, 0.3) is 0 Å². The van der Waals surface area contributed by atoms with Gasteiger partial charge in [-0.1, -0.05) is 6.92 Å². The average molecular weight is 188 g/mol. The third kappa shape index (κ3) is 6.46. The van der Waals surface area contributed by atoms with E-state index in [-0.39, 0.29) is 6.16 Å². The van der Waals surface area contributed by atoms with Gasteiger partial charge in [0, 0.05) is 6.16 Å². The molecular weight excluding hydrogens is 178 g/mol. The normalized spacial score (nSPS) is 15.1. The minimum atomic E-state index is -4.52. The van der Waals surface area contributed by atoms with Gasteiger partial charge in [-0.3, -0.25) is 4.57 Å². The number of phosphoric acid groups is 1. The molecule has 0 rings (SSSR count). The molecule has 0 bridgehead atoms. The Hall–Kier alpha value is 0.340. The fourth-order valence-corrected chi connectivity index (χ4v) is 2.22. The van der Waals surface area contributed by atoms with Crippen molar-refractivity contribution < 1.29 is 23.2 Å². The lowest BCUT2D eigenvalue weighted by Crippen LogP contribution is -1.80. The Morgan fingerprint density at radius 2 is 2.10 bits per heavy atom. The molecule has 62 valence electrons. The van der Waals surface area contributed by atoms with Gasteiger partial charge in [-0.05, 0) is 6.42 Å². The minimum absolute atomic E-state index is 0.218. The summed E-state index contributed by atoms with van der Waals surface area (Å²) < 4.78 is 24.4. The van der Waals surface area contributed by atoms with Crippen molar-refractivity contribution in [2.24, 2.45) is 0 Å². The van der Waals surface area contributed by atoms with Gasteiger partial charge >= 0.3 is 7.82 Å². The lowest BCUT2D eigenvalue weighted by atomic mass is 10.6. The van der Waals surface area contributed by atoms with Crippen LogP contribution in [0.4, 0.5) is 0 Å². The van der Waals surface area contributed by atoms with E-state index in [1.54, 1.807) is 6.92 Å². The Balaban J connectivity index is 3.70. The average Bonchev–Trinajstić information content (AvgIpc) is 1.59. The third-order valence-electron chi connectivity index (χ3n) is 0.675. The van der Waals surface area contributed by atoms with Crippen LogP contribution in [0.15, 0.2) is 0 Å². The molecule has 0 saturated heterocycles. The van der Waals surface area contributed by atoms with E-state index in [0.717, 1.165) is 0 Å². The van der Waals surface area contributed by atoms with Gasteiger partial charge in [0.1, 0.15) is 0 Å². The first-order chi connectivity index (χ1) is 4.45. The second-order valence-electron chi connectivity index (χ2n) is 1.70. The molecule has 7 heteroatoms. The molecule has 0 fully saturated rings. The Morgan fingerprint density at radius 1 is 1.60 bits per heavy atom. The number of rotatable bonds is 4. The van der Waals surface area contributed by atoms with Gasteiger partial charge in [0.05, 0.1) is 0 Å². The van der Waals surface area contributed by atoms with Crippen molar-refractivity contribution in [3.05, 3.63) is 0 Å². The zero-order valence-electron chi connectivity index (χ0n) is 5.48. The van der Waals surface area contributed by atoms with E-state index < -0.39 is 15.9 Å². The Labute approximate surface area is 59.5 Å². The van der Waals surface area contributed by atoms with Crippen molar-refractivity contribution in [3.63, 3.8) is 0 Å². The minimum Gasteiger partial charge on any atom is -0.302 e. The summed E-state index contributed by atoms with van der Waals surface area (Å²) in [5, 5.41) is 0. The van der Waals surface area contributed by atoms with Crippen LogP contribution in [0.25, 0.3) is 0 Å². The second-order valence-corrected chi connectivity index (χ2v) is 4.66. The van der Waals surface area contributed by atoms with E-state index in [1.165, 1.54) is 0 Å². The van der Waals surface area contributed by atoms with Crippen molar-refractivity contribution in [2.45, 2.75) is 13.3 Å². The Morgan fingerprint density at radius 3 is 2.40 bits per heavy atom. The van der Waals surface area contributed by atoms with Crippen molar-refractivity contribution in [2.75, 3.05) is 6.16 Å². The summed E-state index contributed by atoms with van der Waals surface area (Å²) in [7, 11) is -7.03. The van der Waals surface area contributed by atoms with Crippen LogP contribution in [0.1, 0.15) is 13.3 Å². The van der Waals surface area contributed by atoms with Crippen molar-refractivity contribution >= 4 is 15.9 Å². The molecular formula is C3H10O5P2. The molecule has 0 aromatic carbocycles. The highest BCUT2D eigenvalue weighted by atomic mass is 31.2. The van der Waals surface area contributed by atoms with Crippen LogP contribution < -0.4 is 0 Å². The van der Waals surface area contributed by atoms with Gasteiger partial charge in [-0.2, -0.15) is 0 Å². The second kappa shape index (κ2) is 4.27. The molecule has 1 unspecified atom stereocenters. The summed E-state index contributed by atoms with van der Waals surface area (Å²) >= 11 is 0. The fraction of sp³-hybridized carbons (Fsp3) is 1.00. The quantitative estimate of drug-likeness (QED) is 0.642. The summed E-state index contributed by atoms with van der Waals surface area (Å²) in [4.78, 5) is 16.3. The third-order valence-corrected chi connectivity index (χ3v) is 3.35. The summed E-state index contributed by atoms with van der Waals surface area (Å²) in [6.07, 6.45) is 0.813. The predicted molar refractivity (Wildman–Crippen MR) is 37.3 cm³/mol. The first kappa shape index (κ1) is 10.3. The highest BCUT2D eigenvalue weighted by molar-refractivity contribution is 7.57. The highest BCUT2D eigenvalue weighted by Crippen LogP contribution is 2.47. The maximum Gasteiger partial charge on any atom is 0.475 e. The van der Waals surface area contributed by atoms with Gasteiger partial charge in [-0.15, -0.1) is 0 Å². The van der Waals surface area contributed by atoms with Crippen LogP contribution >= 0.6 is 15.9 Å². The van der Waals surface area contributed by atoms with Crippen LogP contribution in [0.5, 0.6) is 0 Å². The fourth-order valence-electron chi connectivity index (χ4n) is 0.382. The first-order valence-corrected chi connectivity index (χ1v) is 5.79. The van der Waals surface area contributed by atoms with E-state index >= 15 is 0 Å². The van der Waals surface area contributed by atoms with Crippen LogP contribution in [0.2, 0.25) is 0 Å². The van der Waals surface area contributed by atoms with E-state index in [1.807, 2.05) is 0 Å². The summed E-state index contributed by atoms with van der Waals surface area (Å²) in [6.45, 7) is 1.76. The largest absolute Gasteiger partial charge is 0.475 e. The number of hydrogen-bond acceptors (Lipinski definition) is 3. The SMILES string of the molecule is CCC[PH](=O)OP(=O)(O)O. The molecule has 0 radical (unpaired) electrons. The molecule has 0 aliphatic rings. The highest BCUT2D eigenvalue weighted by Gasteiger charge is 2.17. The summed E-state index contributed by atoms with van der Waals surface area (Å²) in [6, 6.07) is 0. The zero-order chi connectivity index (χ0) is 8.20. The maximum atomic E-state index is 10.5. The van der Waals surface area contributed by atoms with Crippen LogP contribution in [-0.2, 0) is 13.4 Å². The molecule has 1 atom stereocenters. The van der Waals surface area contributed by atoms with E-state index in [2.05, 4.69) is 4.31 Å². The molecule has 0 amide bonds. The first-order valence-electron chi connectivity index (χ1n) is 2.73. The maximum absolute atomic E-state index is 10.5. The van der Waals surface area contributed by atoms with Crippen LogP contribution in [-0.4, -0.2) is 15.9 Å². The van der Waals surface area contributed by atoms with Gasteiger partial charge in [-0.25, -0.2) is 8.88 Å². The van der Waals surface area contributed by atoms with Crippen molar-refractivity contribution in [1.29, 1.82) is 0 Å². The standard InChI is InChI=1S/C3H10O5P2/c1-2-3-9(4)8-10(5,6)7/h9H,2-3H2,1H3,(H2,5,6,7). The van der Waals surface area contributed by atoms with E-state index in [9.17, 15) is 9.13 Å². The van der Waals surface area contributed by atoms with E-state index in [0.29, 0.717) is 6.42 Å². The smallest absolute Gasteiger partial charge is 0.302 e. The molecule has 0 aliphatic carbocycles. The molecule has 0 saturated carbocycles. The van der Waals surface area contributed by atoms with E-state index in [4.69, 9.17) is 9.79 Å². The summed E-state index contributed by atoms with van der Waals surface area (Å²) in [5.41, 5.74) is 0.